The van der Waals surface area contributed by atoms with Crippen molar-refractivity contribution in [2.45, 2.75) is 57.5 Å². The summed E-state index contributed by atoms with van der Waals surface area (Å²) in [6, 6.07) is 22.0. The van der Waals surface area contributed by atoms with E-state index in [0.717, 1.165) is 38.5 Å². The third kappa shape index (κ3) is 8.64. The summed E-state index contributed by atoms with van der Waals surface area (Å²) >= 11 is 0. The SMILES string of the molecule is O=C1CN(N(c2ccc([N+]3([O-])CCCC3)cc2)N(c2ccc([N+]3([O-])CCCCC3)c(F)c2)N(Nc2ccc(N3CCOCC3=O)c(F)c2)c2ccc([N+]3([O-])CCCCC3)cc2)CC1F. The van der Waals surface area contributed by atoms with Gasteiger partial charge >= 0.3 is 0 Å². The number of ketones is 1. The molecule has 5 aliphatic rings. The van der Waals surface area contributed by atoms with Crippen LogP contribution in [0.2, 0.25) is 0 Å². The van der Waals surface area contributed by atoms with E-state index < -0.39 is 43.4 Å². The molecule has 5 saturated heterocycles. The van der Waals surface area contributed by atoms with Crippen molar-refractivity contribution in [3.8, 4) is 0 Å². The highest BCUT2D eigenvalue weighted by Crippen LogP contribution is 2.39. The first-order valence-electron chi connectivity index (χ1n) is 22.4. The minimum Gasteiger partial charge on any atom is -0.627 e. The van der Waals surface area contributed by atoms with E-state index in [-0.39, 0.29) is 68.7 Å². The number of halogens is 3. The van der Waals surface area contributed by atoms with Crippen LogP contribution >= 0.6 is 0 Å². The molecule has 5 fully saturated rings. The number of nitrogens with zero attached hydrogens (tertiary/aromatic N) is 8. The van der Waals surface area contributed by atoms with Gasteiger partial charge in [-0.1, -0.05) is 0 Å². The zero-order chi connectivity index (χ0) is 44.6. The van der Waals surface area contributed by atoms with E-state index in [0.29, 0.717) is 61.8 Å². The first-order valence-corrected chi connectivity index (χ1v) is 22.4. The summed E-state index contributed by atoms with van der Waals surface area (Å²) in [4.78, 5) is 27.1. The number of rotatable bonds is 12. The summed E-state index contributed by atoms with van der Waals surface area (Å²) in [6.45, 7) is 1.51. The fourth-order valence-electron chi connectivity index (χ4n) is 9.71. The Morgan fingerprint density at radius 3 is 1.77 bits per heavy atom. The number of hydrogen-bond donors (Lipinski definition) is 1. The van der Waals surface area contributed by atoms with Gasteiger partial charge in [-0.3, -0.25) is 15.0 Å². The number of hydrogen-bond acceptors (Lipinski definition) is 11. The second kappa shape index (κ2) is 17.9. The van der Waals surface area contributed by atoms with Crippen LogP contribution in [0.15, 0.2) is 84.9 Å². The molecule has 1 N–H and O–H groups in total. The molecule has 4 aromatic rings. The summed E-state index contributed by atoms with van der Waals surface area (Å²) in [5.74, 6) is -2.59. The number of ether oxygens (including phenoxy) is 1. The zero-order valence-electron chi connectivity index (χ0n) is 35.8. The van der Waals surface area contributed by atoms with E-state index in [1.165, 1.54) is 49.5 Å². The molecule has 64 heavy (non-hydrogen) atoms. The monoisotopic (exact) mass is 885 g/mol. The Kier molecular flexibility index (Phi) is 12.3. The molecule has 0 bridgehead atoms. The quantitative estimate of drug-likeness (QED) is 0.0850. The highest BCUT2D eigenvalue weighted by atomic mass is 19.1. The smallest absolute Gasteiger partial charge is 0.253 e. The van der Waals surface area contributed by atoms with Crippen LogP contribution in [-0.4, -0.2) is 95.0 Å². The van der Waals surface area contributed by atoms with Gasteiger partial charge in [0.15, 0.2) is 23.5 Å². The predicted molar refractivity (Wildman–Crippen MR) is 243 cm³/mol. The van der Waals surface area contributed by atoms with E-state index in [4.69, 9.17) is 4.74 Å². The Morgan fingerprint density at radius 1 is 0.656 bits per heavy atom. The van der Waals surface area contributed by atoms with Crippen molar-refractivity contribution >= 4 is 57.2 Å². The lowest BCUT2D eigenvalue weighted by Crippen LogP contribution is -2.62. The molecule has 1 atom stereocenters. The van der Waals surface area contributed by atoms with Crippen molar-refractivity contribution < 1.29 is 27.5 Å². The second-order valence-corrected chi connectivity index (χ2v) is 17.6. The minimum absolute atomic E-state index is 0.0419. The molecule has 15 nitrogen and oxygen atoms in total. The lowest BCUT2D eigenvalue weighted by atomic mass is 10.1. The Labute approximate surface area is 370 Å². The first kappa shape index (κ1) is 43.9. The average molecular weight is 886 g/mol. The number of amides is 1. The number of hydrazine groups is 4. The summed E-state index contributed by atoms with van der Waals surface area (Å²) in [6.07, 6.45) is 4.37. The van der Waals surface area contributed by atoms with Crippen molar-refractivity contribution in [3.05, 3.63) is 112 Å². The third-order valence-corrected chi connectivity index (χ3v) is 13.2. The van der Waals surface area contributed by atoms with Crippen molar-refractivity contribution in [2.24, 2.45) is 0 Å². The first-order chi connectivity index (χ1) is 30.8. The second-order valence-electron chi connectivity index (χ2n) is 17.6. The lowest BCUT2D eigenvalue weighted by Gasteiger charge is -2.49. The molecule has 1 amide bonds. The standard InChI is InChI=1S/C46H54F3N9O6/c47-40-29-34(9-19-43(40)52-21-28-64-33-46(52)60)50-53(35-10-15-38(16-11-35)56(61)22-3-1-4-23-56)55(37-14-20-44(41(48)30-37)58(63)26-5-2-6-27-58)54(51-31-42(49)45(59)32-51)36-12-17-39(18-13-36)57(62)24-7-8-25-57/h9-20,29-30,42,50H,1-8,21-28,31-33H2. The Balaban J connectivity index is 1.21. The number of anilines is 5. The summed E-state index contributed by atoms with van der Waals surface area (Å²) in [5, 5.41) is 47.7. The number of nitrogens with one attached hydrogen (secondary N) is 1. The molecule has 1 unspecified atom stereocenters. The highest BCUT2D eigenvalue weighted by molar-refractivity contribution is 5.95. The van der Waals surface area contributed by atoms with Gasteiger partial charge in [0.05, 0.1) is 87.4 Å². The molecule has 5 aliphatic heterocycles. The zero-order valence-corrected chi connectivity index (χ0v) is 35.8. The molecular formula is C46H54F3N9O6. The molecule has 18 heteroatoms. The van der Waals surface area contributed by atoms with Gasteiger partial charge in [-0.15, -0.1) is 0 Å². The number of hydroxylamine groups is 6. The largest absolute Gasteiger partial charge is 0.627 e. The Morgan fingerprint density at radius 2 is 1.22 bits per heavy atom. The summed E-state index contributed by atoms with van der Waals surface area (Å²) in [7, 11) is 0. The molecular weight excluding hydrogens is 832 g/mol. The predicted octanol–water partition coefficient (Wildman–Crippen LogP) is 7.72. The van der Waals surface area contributed by atoms with Crippen LogP contribution in [0, 0.1) is 27.3 Å². The van der Waals surface area contributed by atoms with Crippen LogP contribution in [0.4, 0.5) is 58.7 Å². The maximum atomic E-state index is 16.8. The van der Waals surface area contributed by atoms with E-state index in [2.05, 4.69) is 5.43 Å². The van der Waals surface area contributed by atoms with Gasteiger partial charge in [0.25, 0.3) is 5.91 Å². The Hall–Kier alpha value is -5.31. The number of benzene rings is 4. The molecule has 0 aromatic heterocycles. The van der Waals surface area contributed by atoms with Gasteiger partial charge in [-0.05, 0) is 81.0 Å². The van der Waals surface area contributed by atoms with Crippen molar-refractivity contribution in [1.29, 1.82) is 0 Å². The van der Waals surface area contributed by atoms with Crippen LogP contribution in [0.25, 0.3) is 0 Å². The normalized spacial score (nSPS) is 22.1. The van der Waals surface area contributed by atoms with Crippen molar-refractivity contribution in [3.63, 3.8) is 0 Å². The fourth-order valence-corrected chi connectivity index (χ4v) is 9.71. The number of alkyl halides is 1. The molecule has 4 aromatic carbocycles. The summed E-state index contributed by atoms with van der Waals surface area (Å²) in [5.41, 5.74) is 5.33. The fraction of sp³-hybridized carbons (Fsp3) is 0.435. The van der Waals surface area contributed by atoms with Crippen LogP contribution in [-0.2, 0) is 14.3 Å². The van der Waals surface area contributed by atoms with E-state index in [1.54, 1.807) is 60.7 Å². The van der Waals surface area contributed by atoms with Gasteiger partial charge in [0.2, 0.25) is 0 Å². The van der Waals surface area contributed by atoms with E-state index >= 15 is 13.2 Å². The van der Waals surface area contributed by atoms with Gasteiger partial charge < -0.3 is 39.2 Å². The van der Waals surface area contributed by atoms with E-state index in [9.17, 15) is 25.2 Å². The molecule has 340 valence electrons. The van der Waals surface area contributed by atoms with Crippen molar-refractivity contribution in [2.75, 3.05) is 97.8 Å². The number of Topliss-reactive ketones (excluding diaryl/α,β-unsaturated/α-hetero) is 1. The molecule has 0 saturated carbocycles. The molecule has 0 aliphatic carbocycles. The maximum Gasteiger partial charge on any atom is 0.253 e. The number of quaternary nitrogens is 3. The number of piperidine rings is 2. The molecule has 9 rings (SSSR count). The van der Waals surface area contributed by atoms with Crippen molar-refractivity contribution in [1.82, 2.24) is 18.9 Å². The van der Waals surface area contributed by atoms with Crippen LogP contribution in [0.1, 0.15) is 51.4 Å². The number of carbonyl (C=O) groups is 2. The number of morpholine rings is 1. The van der Waals surface area contributed by atoms with Gasteiger partial charge in [0, 0.05) is 61.9 Å². The Bertz CT molecular complexity index is 2320. The number of carbonyl (C=O) groups excluding carboxylic acids is 2. The van der Waals surface area contributed by atoms with Crippen LogP contribution in [0.5, 0.6) is 0 Å². The summed E-state index contributed by atoms with van der Waals surface area (Å²) < 4.78 is 51.8. The molecule has 5 heterocycles. The van der Waals surface area contributed by atoms with Crippen LogP contribution < -0.4 is 39.6 Å². The molecule has 0 spiro atoms. The van der Waals surface area contributed by atoms with Gasteiger partial charge in [-0.25, -0.2) is 13.2 Å². The van der Waals surface area contributed by atoms with Gasteiger partial charge in [-0.2, -0.15) is 20.4 Å². The lowest BCUT2D eigenvalue weighted by molar-refractivity contribution is -0.125. The highest BCUT2D eigenvalue weighted by Gasteiger charge is 2.40. The average Bonchev–Trinajstić information content (AvgIpc) is 3.89. The van der Waals surface area contributed by atoms with Crippen LogP contribution in [0.3, 0.4) is 0 Å². The third-order valence-electron chi connectivity index (χ3n) is 13.2. The topological polar surface area (TPSA) is 141 Å². The maximum absolute atomic E-state index is 16.8. The van der Waals surface area contributed by atoms with Gasteiger partial charge in [0.1, 0.15) is 23.8 Å². The van der Waals surface area contributed by atoms with E-state index in [1.807, 2.05) is 0 Å². The molecule has 0 radical (unpaired) electrons. The minimum atomic E-state index is -1.86.